The van der Waals surface area contributed by atoms with E-state index in [0.29, 0.717) is 17.1 Å². The molecule has 0 aromatic heterocycles. The Morgan fingerprint density at radius 1 is 0.750 bits per heavy atom. The van der Waals surface area contributed by atoms with E-state index < -0.39 is 0 Å². The Bertz CT molecular complexity index is 1090. The van der Waals surface area contributed by atoms with Crippen molar-refractivity contribution in [2.45, 2.75) is 27.7 Å². The van der Waals surface area contributed by atoms with Gasteiger partial charge in [-0.25, -0.2) is 0 Å². The fraction of sp³-hybridized carbons (Fsp3) is 0.296. The molecule has 5 nitrogen and oxygen atoms in total. The Morgan fingerprint density at radius 2 is 1.38 bits per heavy atom. The van der Waals surface area contributed by atoms with Crippen LogP contribution in [0.25, 0.3) is 0 Å². The molecule has 0 atom stereocenters. The SMILES string of the molecule is CCN(CC)c1ccc2c(c1N(CC)CC)N(C(=O)c1ccccc1)c1ccccc1O2. The van der Waals surface area contributed by atoms with E-state index in [0.717, 1.165) is 48.9 Å². The first-order valence-electron chi connectivity index (χ1n) is 11.5. The third-order valence-corrected chi connectivity index (χ3v) is 6.05. The number of anilines is 4. The summed E-state index contributed by atoms with van der Waals surface area (Å²) in [5, 5.41) is 0. The van der Waals surface area contributed by atoms with Crippen molar-refractivity contribution in [3.05, 3.63) is 72.3 Å². The molecule has 0 aliphatic carbocycles. The molecular formula is C27H31N3O2. The molecule has 4 rings (SSSR count). The van der Waals surface area contributed by atoms with E-state index in [1.165, 1.54) is 0 Å². The van der Waals surface area contributed by atoms with Gasteiger partial charge in [0.05, 0.1) is 17.1 Å². The zero-order chi connectivity index (χ0) is 22.7. The molecule has 32 heavy (non-hydrogen) atoms. The quantitative estimate of drug-likeness (QED) is 0.432. The fourth-order valence-electron chi connectivity index (χ4n) is 4.41. The first-order valence-corrected chi connectivity index (χ1v) is 11.5. The molecule has 1 amide bonds. The number of rotatable bonds is 7. The standard InChI is InChI=1S/C27H31N3O2/c1-5-28(6-2)22-18-19-24-26(25(22)29(7-3)8-4)30(21-16-12-13-17-23(21)32-24)27(31)20-14-10-9-11-15-20/h9-19H,5-8H2,1-4H3. The van der Waals surface area contributed by atoms with E-state index in [-0.39, 0.29) is 5.91 Å². The van der Waals surface area contributed by atoms with Crippen molar-refractivity contribution in [3.8, 4) is 11.5 Å². The number of carbonyl (C=O) groups is 1. The molecule has 5 heteroatoms. The van der Waals surface area contributed by atoms with Crippen molar-refractivity contribution in [1.82, 2.24) is 0 Å². The summed E-state index contributed by atoms with van der Waals surface area (Å²) in [6.07, 6.45) is 0. The molecule has 166 valence electrons. The minimum atomic E-state index is -0.0623. The van der Waals surface area contributed by atoms with Crippen molar-refractivity contribution < 1.29 is 9.53 Å². The molecule has 0 N–H and O–H groups in total. The number of hydrogen-bond donors (Lipinski definition) is 0. The van der Waals surface area contributed by atoms with Crippen LogP contribution in [0.1, 0.15) is 38.1 Å². The van der Waals surface area contributed by atoms with Crippen LogP contribution in [0.3, 0.4) is 0 Å². The summed E-state index contributed by atoms with van der Waals surface area (Å²) >= 11 is 0. The van der Waals surface area contributed by atoms with Gasteiger partial charge in [-0.1, -0.05) is 30.3 Å². The molecule has 0 fully saturated rings. The van der Waals surface area contributed by atoms with Gasteiger partial charge >= 0.3 is 0 Å². The summed E-state index contributed by atoms with van der Waals surface area (Å²) in [5.74, 6) is 1.32. The highest BCUT2D eigenvalue weighted by Gasteiger charge is 2.35. The van der Waals surface area contributed by atoms with Crippen molar-refractivity contribution in [3.63, 3.8) is 0 Å². The first-order chi connectivity index (χ1) is 15.6. The molecule has 1 heterocycles. The van der Waals surface area contributed by atoms with Gasteiger partial charge in [-0.2, -0.15) is 0 Å². The number of fused-ring (bicyclic) bond motifs is 2. The number of nitrogens with zero attached hydrogens (tertiary/aromatic N) is 3. The van der Waals surface area contributed by atoms with Gasteiger partial charge in [-0.05, 0) is 64.1 Å². The Hall–Kier alpha value is -3.47. The minimum absolute atomic E-state index is 0.0623. The summed E-state index contributed by atoms with van der Waals surface area (Å²) in [5.41, 5.74) is 4.37. The van der Waals surface area contributed by atoms with E-state index in [1.54, 1.807) is 0 Å². The third kappa shape index (κ3) is 3.68. The number of ether oxygens (including phenoxy) is 1. The Balaban J connectivity index is 2.02. The van der Waals surface area contributed by atoms with Gasteiger partial charge in [0, 0.05) is 31.7 Å². The van der Waals surface area contributed by atoms with Crippen molar-refractivity contribution >= 4 is 28.7 Å². The highest BCUT2D eigenvalue weighted by atomic mass is 16.5. The topological polar surface area (TPSA) is 36.0 Å². The second-order valence-corrected chi connectivity index (χ2v) is 7.70. The predicted molar refractivity (Wildman–Crippen MR) is 133 cm³/mol. The minimum Gasteiger partial charge on any atom is -0.453 e. The number of para-hydroxylation sites is 2. The molecule has 3 aromatic carbocycles. The highest BCUT2D eigenvalue weighted by molar-refractivity contribution is 6.16. The molecule has 0 saturated heterocycles. The number of benzene rings is 3. The fourth-order valence-corrected chi connectivity index (χ4v) is 4.41. The maximum atomic E-state index is 13.9. The van der Waals surface area contributed by atoms with Gasteiger partial charge in [0.25, 0.3) is 5.91 Å². The lowest BCUT2D eigenvalue weighted by Gasteiger charge is -2.38. The molecular weight excluding hydrogens is 398 g/mol. The Morgan fingerprint density at radius 3 is 2.03 bits per heavy atom. The molecule has 0 spiro atoms. The van der Waals surface area contributed by atoms with Gasteiger partial charge in [0.15, 0.2) is 11.5 Å². The van der Waals surface area contributed by atoms with Gasteiger partial charge < -0.3 is 14.5 Å². The average Bonchev–Trinajstić information content (AvgIpc) is 2.85. The van der Waals surface area contributed by atoms with Crippen LogP contribution in [-0.2, 0) is 0 Å². The molecule has 1 aliphatic rings. The smallest absolute Gasteiger partial charge is 0.263 e. The number of hydrogen-bond acceptors (Lipinski definition) is 4. The average molecular weight is 430 g/mol. The van der Waals surface area contributed by atoms with Crippen molar-refractivity contribution in [2.24, 2.45) is 0 Å². The van der Waals surface area contributed by atoms with E-state index in [2.05, 4.69) is 43.6 Å². The summed E-state index contributed by atoms with van der Waals surface area (Å²) in [6.45, 7) is 12.0. The predicted octanol–water partition coefficient (Wildman–Crippen LogP) is 6.46. The van der Waals surface area contributed by atoms with Crippen LogP contribution in [0.2, 0.25) is 0 Å². The van der Waals surface area contributed by atoms with E-state index in [4.69, 9.17) is 4.74 Å². The number of amides is 1. The van der Waals surface area contributed by atoms with Crippen molar-refractivity contribution in [2.75, 3.05) is 40.9 Å². The van der Waals surface area contributed by atoms with Crippen LogP contribution >= 0.6 is 0 Å². The van der Waals surface area contributed by atoms with Crippen LogP contribution in [0.5, 0.6) is 11.5 Å². The zero-order valence-electron chi connectivity index (χ0n) is 19.3. The lowest BCUT2D eigenvalue weighted by Crippen LogP contribution is -2.34. The first kappa shape index (κ1) is 21.8. The van der Waals surface area contributed by atoms with Crippen LogP contribution in [0.15, 0.2) is 66.7 Å². The Kier molecular flexibility index (Phi) is 6.35. The van der Waals surface area contributed by atoms with Gasteiger partial charge in [-0.3, -0.25) is 9.69 Å². The molecule has 0 saturated carbocycles. The largest absolute Gasteiger partial charge is 0.453 e. The maximum Gasteiger partial charge on any atom is 0.263 e. The monoisotopic (exact) mass is 429 g/mol. The van der Waals surface area contributed by atoms with Crippen molar-refractivity contribution in [1.29, 1.82) is 0 Å². The molecule has 0 radical (unpaired) electrons. The van der Waals surface area contributed by atoms with Gasteiger partial charge in [0.1, 0.15) is 5.69 Å². The van der Waals surface area contributed by atoms with Gasteiger partial charge in [0.2, 0.25) is 0 Å². The van der Waals surface area contributed by atoms with Gasteiger partial charge in [-0.15, -0.1) is 0 Å². The summed E-state index contributed by atoms with van der Waals surface area (Å²) in [4.78, 5) is 20.4. The molecule has 1 aliphatic heterocycles. The summed E-state index contributed by atoms with van der Waals surface area (Å²) < 4.78 is 6.34. The maximum absolute atomic E-state index is 13.9. The second-order valence-electron chi connectivity index (χ2n) is 7.70. The van der Waals surface area contributed by atoms with E-state index >= 15 is 0 Å². The normalized spacial score (nSPS) is 11.9. The van der Waals surface area contributed by atoms with Crippen LogP contribution in [0, 0.1) is 0 Å². The summed E-state index contributed by atoms with van der Waals surface area (Å²) in [6, 6.07) is 21.3. The van der Waals surface area contributed by atoms with E-state index in [9.17, 15) is 4.79 Å². The highest BCUT2D eigenvalue weighted by Crippen LogP contribution is 2.54. The summed E-state index contributed by atoms with van der Waals surface area (Å²) in [7, 11) is 0. The lowest BCUT2D eigenvalue weighted by atomic mass is 10.1. The van der Waals surface area contributed by atoms with Crippen LogP contribution < -0.4 is 19.4 Å². The molecule has 3 aromatic rings. The molecule has 0 bridgehead atoms. The zero-order valence-corrected chi connectivity index (χ0v) is 19.3. The molecule has 0 unspecified atom stereocenters. The lowest BCUT2D eigenvalue weighted by molar-refractivity contribution is 0.0997. The third-order valence-electron chi connectivity index (χ3n) is 6.05. The number of carbonyl (C=O) groups excluding carboxylic acids is 1. The van der Waals surface area contributed by atoms with Crippen LogP contribution in [0.4, 0.5) is 22.7 Å². The van der Waals surface area contributed by atoms with E-state index in [1.807, 2.05) is 65.6 Å². The van der Waals surface area contributed by atoms with Crippen LogP contribution in [-0.4, -0.2) is 32.1 Å². The Labute approximate surface area is 190 Å². The second kappa shape index (κ2) is 9.35.